The van der Waals surface area contributed by atoms with E-state index in [-0.39, 0.29) is 22.0 Å². The number of methoxy groups -OCH3 is 1. The van der Waals surface area contributed by atoms with Crippen LogP contribution in [0.1, 0.15) is 39.6 Å². The second kappa shape index (κ2) is 7.79. The first-order valence-corrected chi connectivity index (χ1v) is 7.72. The molecule has 0 radical (unpaired) electrons. The van der Waals surface area contributed by atoms with Crippen molar-refractivity contribution in [3.8, 4) is 5.75 Å². The molecule has 0 saturated heterocycles. The number of rotatable bonds is 6. The number of aromatic nitrogens is 1. The molecule has 1 heterocycles. The first kappa shape index (κ1) is 17.7. The summed E-state index contributed by atoms with van der Waals surface area (Å²) in [6, 6.07) is 6.09. The molecule has 0 saturated carbocycles. The van der Waals surface area contributed by atoms with Gasteiger partial charge >= 0.3 is 5.97 Å². The summed E-state index contributed by atoms with van der Waals surface area (Å²) < 4.78 is 5.30. The lowest BCUT2D eigenvalue weighted by molar-refractivity contribution is 0.0698. The minimum atomic E-state index is -1.14. The van der Waals surface area contributed by atoms with Gasteiger partial charge in [-0.1, -0.05) is 24.9 Å². The van der Waals surface area contributed by atoms with Crippen LogP contribution in [0.2, 0.25) is 5.15 Å². The van der Waals surface area contributed by atoms with Crippen LogP contribution in [-0.4, -0.2) is 29.1 Å². The van der Waals surface area contributed by atoms with Gasteiger partial charge in [0.1, 0.15) is 10.9 Å². The zero-order valence-corrected chi connectivity index (χ0v) is 14.1. The standard InChI is InChI=1S/C17H17ClN2O4/c1-3-5-10-13(24-2)8-7-11(17(22)23)14(10)20-16(21)12-6-4-9-19-15(12)18/h4,6-9H,3,5H2,1-2H3,(H,20,21)(H,22,23). The Morgan fingerprint density at radius 2 is 2.04 bits per heavy atom. The van der Waals surface area contributed by atoms with Crippen molar-refractivity contribution in [2.24, 2.45) is 0 Å². The van der Waals surface area contributed by atoms with Crippen molar-refractivity contribution < 1.29 is 19.4 Å². The molecular weight excluding hydrogens is 332 g/mol. The van der Waals surface area contributed by atoms with Crippen molar-refractivity contribution in [2.75, 3.05) is 12.4 Å². The molecule has 126 valence electrons. The number of benzene rings is 1. The summed E-state index contributed by atoms with van der Waals surface area (Å²) in [5.41, 5.74) is 1.01. The summed E-state index contributed by atoms with van der Waals surface area (Å²) in [6.45, 7) is 1.95. The van der Waals surface area contributed by atoms with E-state index in [0.717, 1.165) is 6.42 Å². The van der Waals surface area contributed by atoms with Crippen LogP contribution in [0.5, 0.6) is 5.75 Å². The fourth-order valence-corrected chi connectivity index (χ4v) is 2.58. The molecule has 1 amide bonds. The summed E-state index contributed by atoms with van der Waals surface area (Å²) in [5.74, 6) is -1.14. The maximum absolute atomic E-state index is 12.5. The number of carbonyl (C=O) groups excluding carboxylic acids is 1. The third-order valence-electron chi connectivity index (χ3n) is 3.46. The van der Waals surface area contributed by atoms with Gasteiger partial charge in [0.2, 0.25) is 0 Å². The number of anilines is 1. The predicted octanol–water partition coefficient (Wildman–Crippen LogP) is 3.65. The first-order chi connectivity index (χ1) is 11.5. The van der Waals surface area contributed by atoms with Crippen LogP contribution >= 0.6 is 11.6 Å². The number of carboxylic acid groups (broad SMARTS) is 1. The van der Waals surface area contributed by atoms with Gasteiger partial charge in [-0.25, -0.2) is 9.78 Å². The van der Waals surface area contributed by atoms with Crippen LogP contribution in [0, 0.1) is 0 Å². The number of nitrogens with one attached hydrogen (secondary N) is 1. The number of carbonyl (C=O) groups is 2. The molecule has 0 fully saturated rings. The number of nitrogens with zero attached hydrogens (tertiary/aromatic N) is 1. The molecule has 1 aromatic heterocycles. The van der Waals surface area contributed by atoms with E-state index in [1.807, 2.05) is 6.92 Å². The van der Waals surface area contributed by atoms with E-state index in [2.05, 4.69) is 10.3 Å². The topological polar surface area (TPSA) is 88.5 Å². The van der Waals surface area contributed by atoms with Crippen molar-refractivity contribution in [3.05, 3.63) is 52.3 Å². The summed E-state index contributed by atoms with van der Waals surface area (Å²) in [7, 11) is 1.50. The fraction of sp³-hybridized carbons (Fsp3) is 0.235. The van der Waals surface area contributed by atoms with Crippen LogP contribution in [0.15, 0.2) is 30.5 Å². The highest BCUT2D eigenvalue weighted by Gasteiger charge is 2.21. The van der Waals surface area contributed by atoms with Gasteiger partial charge in [0.15, 0.2) is 0 Å². The van der Waals surface area contributed by atoms with Gasteiger partial charge < -0.3 is 15.2 Å². The van der Waals surface area contributed by atoms with Gasteiger partial charge in [-0.3, -0.25) is 4.79 Å². The second-order valence-corrected chi connectivity index (χ2v) is 5.38. The van der Waals surface area contributed by atoms with Crippen molar-refractivity contribution in [2.45, 2.75) is 19.8 Å². The van der Waals surface area contributed by atoms with Crippen LogP contribution in [0.4, 0.5) is 5.69 Å². The zero-order chi connectivity index (χ0) is 17.7. The maximum Gasteiger partial charge on any atom is 0.337 e. The lowest BCUT2D eigenvalue weighted by atomic mass is 10.0. The van der Waals surface area contributed by atoms with Gasteiger partial charge in [0, 0.05) is 11.8 Å². The Kier molecular flexibility index (Phi) is 5.76. The summed E-state index contributed by atoms with van der Waals surface area (Å²) in [4.78, 5) is 27.9. The summed E-state index contributed by atoms with van der Waals surface area (Å²) in [6.07, 6.45) is 2.78. The minimum absolute atomic E-state index is 0.00684. The number of carboxylic acids is 1. The van der Waals surface area contributed by atoms with Gasteiger partial charge in [-0.15, -0.1) is 0 Å². The number of aromatic carboxylic acids is 1. The Morgan fingerprint density at radius 3 is 2.62 bits per heavy atom. The number of ether oxygens (including phenoxy) is 1. The normalized spacial score (nSPS) is 10.3. The molecule has 0 bridgehead atoms. The van der Waals surface area contributed by atoms with E-state index in [1.54, 1.807) is 12.1 Å². The number of halogens is 1. The van der Waals surface area contributed by atoms with Crippen molar-refractivity contribution in [1.29, 1.82) is 0 Å². The molecule has 6 nitrogen and oxygen atoms in total. The van der Waals surface area contributed by atoms with E-state index in [9.17, 15) is 14.7 Å². The molecule has 2 rings (SSSR count). The van der Waals surface area contributed by atoms with Crippen LogP contribution in [0.3, 0.4) is 0 Å². The molecular formula is C17H17ClN2O4. The molecule has 24 heavy (non-hydrogen) atoms. The first-order valence-electron chi connectivity index (χ1n) is 7.34. The van der Waals surface area contributed by atoms with E-state index < -0.39 is 11.9 Å². The Bertz CT molecular complexity index is 777. The van der Waals surface area contributed by atoms with E-state index in [4.69, 9.17) is 16.3 Å². The van der Waals surface area contributed by atoms with Crippen molar-refractivity contribution >= 4 is 29.2 Å². The Labute approximate surface area is 144 Å². The molecule has 0 spiro atoms. The zero-order valence-electron chi connectivity index (χ0n) is 13.3. The largest absolute Gasteiger partial charge is 0.496 e. The van der Waals surface area contributed by atoms with E-state index >= 15 is 0 Å². The Hall–Kier alpha value is -2.60. The highest BCUT2D eigenvalue weighted by atomic mass is 35.5. The predicted molar refractivity (Wildman–Crippen MR) is 91.1 cm³/mol. The molecule has 0 unspecified atom stereocenters. The smallest absolute Gasteiger partial charge is 0.337 e. The maximum atomic E-state index is 12.5. The molecule has 0 aliphatic carbocycles. The van der Waals surface area contributed by atoms with Gasteiger partial charge in [-0.2, -0.15) is 0 Å². The number of hydrogen-bond acceptors (Lipinski definition) is 4. The second-order valence-electron chi connectivity index (χ2n) is 5.02. The van der Waals surface area contributed by atoms with Crippen LogP contribution < -0.4 is 10.1 Å². The third kappa shape index (κ3) is 3.65. The lowest BCUT2D eigenvalue weighted by Crippen LogP contribution is -2.17. The SMILES string of the molecule is CCCc1c(OC)ccc(C(=O)O)c1NC(=O)c1cccnc1Cl. The van der Waals surface area contributed by atoms with Crippen LogP contribution in [0.25, 0.3) is 0 Å². The minimum Gasteiger partial charge on any atom is -0.496 e. The number of amides is 1. The van der Waals surface area contributed by atoms with E-state index in [0.29, 0.717) is 17.7 Å². The Morgan fingerprint density at radius 1 is 1.29 bits per heavy atom. The Balaban J connectivity index is 2.52. The van der Waals surface area contributed by atoms with Gasteiger partial charge in [-0.05, 0) is 30.7 Å². The third-order valence-corrected chi connectivity index (χ3v) is 3.76. The molecule has 2 N–H and O–H groups in total. The highest BCUT2D eigenvalue weighted by Crippen LogP contribution is 2.32. The fourth-order valence-electron chi connectivity index (χ4n) is 2.38. The molecule has 2 aromatic rings. The molecule has 0 atom stereocenters. The van der Waals surface area contributed by atoms with Crippen LogP contribution in [-0.2, 0) is 6.42 Å². The summed E-state index contributed by atoms with van der Waals surface area (Å²) in [5, 5.41) is 12.1. The molecule has 1 aromatic carbocycles. The number of pyridine rings is 1. The molecule has 0 aliphatic rings. The van der Waals surface area contributed by atoms with Crippen molar-refractivity contribution in [1.82, 2.24) is 4.98 Å². The highest BCUT2D eigenvalue weighted by molar-refractivity contribution is 6.33. The van der Waals surface area contributed by atoms with Gasteiger partial charge in [0.25, 0.3) is 5.91 Å². The lowest BCUT2D eigenvalue weighted by Gasteiger charge is -2.17. The summed E-state index contributed by atoms with van der Waals surface area (Å²) >= 11 is 5.93. The average Bonchev–Trinajstić information content (AvgIpc) is 2.56. The molecule has 0 aliphatic heterocycles. The quantitative estimate of drug-likeness (QED) is 0.778. The molecule has 7 heteroatoms. The average molecular weight is 349 g/mol. The number of hydrogen-bond donors (Lipinski definition) is 2. The van der Waals surface area contributed by atoms with Crippen molar-refractivity contribution in [3.63, 3.8) is 0 Å². The van der Waals surface area contributed by atoms with E-state index in [1.165, 1.54) is 25.4 Å². The monoisotopic (exact) mass is 348 g/mol. The van der Waals surface area contributed by atoms with Gasteiger partial charge in [0.05, 0.1) is 23.9 Å².